The van der Waals surface area contributed by atoms with Crippen molar-refractivity contribution in [3.05, 3.63) is 71.6 Å². The lowest BCUT2D eigenvalue weighted by Gasteiger charge is -2.03. The topological polar surface area (TPSA) is 55.1 Å². The quantitative estimate of drug-likeness (QED) is 0.786. The number of amides is 1. The summed E-state index contributed by atoms with van der Waals surface area (Å²) in [6.45, 7) is 3.74. The molecule has 0 atom stereocenters. The molecule has 0 saturated heterocycles. The van der Waals surface area contributed by atoms with Crippen molar-refractivity contribution in [3.8, 4) is 11.5 Å². The Balaban J connectivity index is 1.84. The highest BCUT2D eigenvalue weighted by Gasteiger charge is 2.18. The summed E-state index contributed by atoms with van der Waals surface area (Å²) in [6.07, 6.45) is 0. The largest absolute Gasteiger partial charge is 0.441 e. The van der Waals surface area contributed by atoms with Crippen LogP contribution in [0.5, 0.6) is 0 Å². The number of rotatable bonds is 3. The van der Waals surface area contributed by atoms with Gasteiger partial charge in [-0.25, -0.2) is 4.98 Å². The molecule has 0 aliphatic carbocycles. The van der Waals surface area contributed by atoms with Crippen molar-refractivity contribution >= 4 is 11.6 Å². The maximum absolute atomic E-state index is 12.3. The highest BCUT2D eigenvalue weighted by Crippen LogP contribution is 2.22. The monoisotopic (exact) mass is 292 g/mol. The van der Waals surface area contributed by atoms with Crippen LogP contribution < -0.4 is 5.32 Å². The molecule has 0 spiro atoms. The van der Waals surface area contributed by atoms with Crippen molar-refractivity contribution < 1.29 is 9.21 Å². The van der Waals surface area contributed by atoms with Crippen molar-refractivity contribution in [3.63, 3.8) is 0 Å². The first-order chi connectivity index (χ1) is 10.6. The van der Waals surface area contributed by atoms with Crippen LogP contribution in [0, 0.1) is 13.8 Å². The van der Waals surface area contributed by atoms with Crippen LogP contribution in [-0.2, 0) is 0 Å². The summed E-state index contributed by atoms with van der Waals surface area (Å²) in [5.41, 5.74) is 3.03. The molecule has 4 heteroatoms. The molecular formula is C18H16N2O2. The number of nitrogens with zero attached hydrogens (tertiary/aromatic N) is 1. The Morgan fingerprint density at radius 1 is 1.00 bits per heavy atom. The Morgan fingerprint density at radius 2 is 1.68 bits per heavy atom. The standard InChI is InChI=1S/C18H16N2O2/c1-12-8-10-15(11-9-12)19-17(21)16-13(2)22-18(20-16)14-6-4-3-5-7-14/h3-11H,1-2H3,(H,19,21). The zero-order valence-corrected chi connectivity index (χ0v) is 12.5. The lowest BCUT2D eigenvalue weighted by atomic mass is 10.2. The molecule has 3 rings (SSSR count). The van der Waals surface area contributed by atoms with Crippen molar-refractivity contribution in [2.75, 3.05) is 5.32 Å². The fourth-order valence-corrected chi connectivity index (χ4v) is 2.14. The number of aromatic nitrogens is 1. The van der Waals surface area contributed by atoms with E-state index in [1.165, 1.54) is 0 Å². The van der Waals surface area contributed by atoms with E-state index in [1.807, 2.05) is 61.5 Å². The number of aryl methyl sites for hydroxylation is 2. The number of hydrogen-bond donors (Lipinski definition) is 1. The highest BCUT2D eigenvalue weighted by atomic mass is 16.4. The fourth-order valence-electron chi connectivity index (χ4n) is 2.14. The van der Waals surface area contributed by atoms with Gasteiger partial charge in [0, 0.05) is 11.3 Å². The van der Waals surface area contributed by atoms with Gasteiger partial charge in [-0.15, -0.1) is 0 Å². The predicted octanol–water partition coefficient (Wildman–Crippen LogP) is 4.21. The van der Waals surface area contributed by atoms with Crippen LogP contribution in [0.25, 0.3) is 11.5 Å². The van der Waals surface area contributed by atoms with Crippen molar-refractivity contribution in [2.24, 2.45) is 0 Å². The van der Waals surface area contributed by atoms with Crippen LogP contribution in [0.4, 0.5) is 5.69 Å². The zero-order chi connectivity index (χ0) is 15.5. The minimum atomic E-state index is -0.271. The van der Waals surface area contributed by atoms with Crippen LogP contribution in [0.3, 0.4) is 0 Å². The molecule has 0 unspecified atom stereocenters. The molecule has 2 aromatic carbocycles. The van der Waals surface area contributed by atoms with E-state index >= 15 is 0 Å². The first kappa shape index (κ1) is 14.1. The number of anilines is 1. The predicted molar refractivity (Wildman–Crippen MR) is 85.8 cm³/mol. The molecule has 4 nitrogen and oxygen atoms in total. The van der Waals surface area contributed by atoms with Crippen LogP contribution in [0.2, 0.25) is 0 Å². The lowest BCUT2D eigenvalue weighted by molar-refractivity contribution is 0.102. The minimum absolute atomic E-state index is 0.271. The van der Waals surface area contributed by atoms with Crippen LogP contribution in [0.1, 0.15) is 21.8 Å². The van der Waals surface area contributed by atoms with Gasteiger partial charge in [-0.3, -0.25) is 4.79 Å². The van der Waals surface area contributed by atoms with Gasteiger partial charge in [-0.1, -0.05) is 35.9 Å². The number of oxazole rings is 1. The maximum atomic E-state index is 12.3. The molecule has 0 aliphatic rings. The summed E-state index contributed by atoms with van der Waals surface area (Å²) >= 11 is 0. The third-order valence-electron chi connectivity index (χ3n) is 3.34. The number of hydrogen-bond acceptors (Lipinski definition) is 3. The number of nitrogens with one attached hydrogen (secondary N) is 1. The number of carbonyl (C=O) groups is 1. The smallest absolute Gasteiger partial charge is 0.277 e. The van der Waals surface area contributed by atoms with Gasteiger partial charge in [0.1, 0.15) is 5.76 Å². The molecule has 1 heterocycles. The molecule has 110 valence electrons. The second-order valence-corrected chi connectivity index (χ2v) is 5.11. The fraction of sp³-hybridized carbons (Fsp3) is 0.111. The molecular weight excluding hydrogens is 276 g/mol. The van der Waals surface area contributed by atoms with E-state index in [1.54, 1.807) is 6.92 Å². The van der Waals surface area contributed by atoms with Gasteiger partial charge in [0.05, 0.1) is 0 Å². The molecule has 1 aromatic heterocycles. The second kappa shape index (κ2) is 5.85. The van der Waals surface area contributed by atoms with Crippen molar-refractivity contribution in [1.29, 1.82) is 0 Å². The van der Waals surface area contributed by atoms with E-state index < -0.39 is 0 Å². The van der Waals surface area contributed by atoms with Gasteiger partial charge < -0.3 is 9.73 Å². The lowest BCUT2D eigenvalue weighted by Crippen LogP contribution is -2.13. The summed E-state index contributed by atoms with van der Waals surface area (Å²) in [5, 5.41) is 2.83. The van der Waals surface area contributed by atoms with Gasteiger partial charge in [-0.2, -0.15) is 0 Å². The molecule has 3 aromatic rings. The summed E-state index contributed by atoms with van der Waals surface area (Å²) < 4.78 is 5.61. The Labute approximate surface area is 128 Å². The number of carbonyl (C=O) groups excluding carboxylic acids is 1. The second-order valence-electron chi connectivity index (χ2n) is 5.11. The SMILES string of the molecule is Cc1ccc(NC(=O)c2nc(-c3ccccc3)oc2C)cc1. The minimum Gasteiger partial charge on any atom is -0.441 e. The first-order valence-corrected chi connectivity index (χ1v) is 7.04. The van der Waals surface area contributed by atoms with E-state index in [-0.39, 0.29) is 5.91 Å². The zero-order valence-electron chi connectivity index (χ0n) is 12.5. The molecule has 1 amide bonds. The molecule has 0 bridgehead atoms. The molecule has 0 fully saturated rings. The normalized spacial score (nSPS) is 10.5. The van der Waals surface area contributed by atoms with E-state index in [0.717, 1.165) is 16.8 Å². The van der Waals surface area contributed by atoms with Gasteiger partial charge in [0.2, 0.25) is 5.89 Å². The van der Waals surface area contributed by atoms with Gasteiger partial charge in [0.15, 0.2) is 5.69 Å². The molecule has 1 N–H and O–H groups in total. The van der Waals surface area contributed by atoms with E-state index in [0.29, 0.717) is 17.3 Å². The van der Waals surface area contributed by atoms with Crippen LogP contribution in [0.15, 0.2) is 59.0 Å². The molecule has 0 saturated carbocycles. The molecule has 0 radical (unpaired) electrons. The molecule has 22 heavy (non-hydrogen) atoms. The average Bonchev–Trinajstić information content (AvgIpc) is 2.92. The average molecular weight is 292 g/mol. The Bertz CT molecular complexity index is 790. The van der Waals surface area contributed by atoms with Gasteiger partial charge >= 0.3 is 0 Å². The Hall–Kier alpha value is -2.88. The first-order valence-electron chi connectivity index (χ1n) is 7.04. The Morgan fingerprint density at radius 3 is 2.36 bits per heavy atom. The number of benzene rings is 2. The van der Waals surface area contributed by atoms with Crippen molar-refractivity contribution in [1.82, 2.24) is 4.98 Å². The summed E-state index contributed by atoms with van der Waals surface area (Å²) in [6, 6.07) is 17.1. The van der Waals surface area contributed by atoms with E-state index in [4.69, 9.17) is 4.42 Å². The summed E-state index contributed by atoms with van der Waals surface area (Å²) in [5.74, 6) is 0.683. The Kier molecular flexibility index (Phi) is 3.74. The van der Waals surface area contributed by atoms with E-state index in [2.05, 4.69) is 10.3 Å². The third kappa shape index (κ3) is 2.91. The van der Waals surface area contributed by atoms with Crippen molar-refractivity contribution in [2.45, 2.75) is 13.8 Å². The van der Waals surface area contributed by atoms with Gasteiger partial charge in [-0.05, 0) is 38.1 Å². The molecule has 0 aliphatic heterocycles. The highest BCUT2D eigenvalue weighted by molar-refractivity contribution is 6.03. The maximum Gasteiger partial charge on any atom is 0.277 e. The van der Waals surface area contributed by atoms with Crippen LogP contribution in [-0.4, -0.2) is 10.9 Å². The van der Waals surface area contributed by atoms with Crippen LogP contribution >= 0.6 is 0 Å². The summed E-state index contributed by atoms with van der Waals surface area (Å²) in [7, 11) is 0. The third-order valence-corrected chi connectivity index (χ3v) is 3.34. The van der Waals surface area contributed by atoms with E-state index in [9.17, 15) is 4.79 Å². The summed E-state index contributed by atoms with van der Waals surface area (Å²) in [4.78, 5) is 16.6. The van der Waals surface area contributed by atoms with Gasteiger partial charge in [0.25, 0.3) is 5.91 Å².